The smallest absolute Gasteiger partial charge is 0.253 e. The fourth-order valence-electron chi connectivity index (χ4n) is 1.98. The summed E-state index contributed by atoms with van der Waals surface area (Å²) < 4.78 is 5.55. The quantitative estimate of drug-likeness (QED) is 0.540. The molecular formula is C12H18N4O2. The van der Waals surface area contributed by atoms with Crippen LogP contribution in [0.1, 0.15) is 29.6 Å². The minimum atomic E-state index is -0.167. The predicted molar refractivity (Wildman–Crippen MR) is 68.0 cm³/mol. The normalized spacial score (nSPS) is 19.3. The number of hydrogen-bond acceptors (Lipinski definition) is 5. The van der Waals surface area contributed by atoms with E-state index in [1.165, 1.54) is 6.20 Å². The Morgan fingerprint density at radius 1 is 1.56 bits per heavy atom. The average Bonchev–Trinajstić information content (AvgIpc) is 2.45. The monoisotopic (exact) mass is 250 g/mol. The summed E-state index contributed by atoms with van der Waals surface area (Å²) in [4.78, 5) is 15.9. The summed E-state index contributed by atoms with van der Waals surface area (Å²) in [5.41, 5.74) is 3.46. The molecule has 1 fully saturated rings. The van der Waals surface area contributed by atoms with E-state index in [-0.39, 0.29) is 12.0 Å². The number of rotatable bonds is 4. The van der Waals surface area contributed by atoms with Crippen LogP contribution in [0.4, 0.5) is 5.69 Å². The van der Waals surface area contributed by atoms with Crippen molar-refractivity contribution < 1.29 is 9.53 Å². The molecule has 1 unspecified atom stereocenters. The molecule has 2 heterocycles. The molecule has 4 N–H and O–H groups in total. The lowest BCUT2D eigenvalue weighted by Crippen LogP contribution is -2.35. The third-order valence-electron chi connectivity index (χ3n) is 2.99. The maximum Gasteiger partial charge on any atom is 0.253 e. The summed E-state index contributed by atoms with van der Waals surface area (Å²) in [6.07, 6.45) is 6.47. The molecule has 0 saturated carbocycles. The van der Waals surface area contributed by atoms with Crippen molar-refractivity contribution in [2.45, 2.75) is 25.4 Å². The van der Waals surface area contributed by atoms with E-state index in [2.05, 4.69) is 15.7 Å². The van der Waals surface area contributed by atoms with Gasteiger partial charge >= 0.3 is 0 Å². The molecule has 1 atom stereocenters. The molecular weight excluding hydrogens is 232 g/mol. The highest BCUT2D eigenvalue weighted by Gasteiger charge is 2.16. The van der Waals surface area contributed by atoms with Gasteiger partial charge in [-0.25, -0.2) is 0 Å². The zero-order chi connectivity index (χ0) is 12.8. The second-order valence-corrected chi connectivity index (χ2v) is 4.26. The zero-order valence-corrected chi connectivity index (χ0v) is 10.2. The number of ether oxygens (including phenoxy) is 1. The molecule has 1 aliphatic heterocycles. The number of nitrogens with zero attached hydrogens (tertiary/aromatic N) is 1. The number of pyridine rings is 1. The second kappa shape index (κ2) is 6.32. The van der Waals surface area contributed by atoms with Crippen molar-refractivity contribution in [1.29, 1.82) is 0 Å². The molecule has 6 nitrogen and oxygen atoms in total. The second-order valence-electron chi connectivity index (χ2n) is 4.26. The first-order chi connectivity index (χ1) is 8.81. The third-order valence-corrected chi connectivity index (χ3v) is 2.99. The molecule has 1 aromatic heterocycles. The maximum absolute atomic E-state index is 12.0. The molecule has 0 aliphatic carbocycles. The van der Waals surface area contributed by atoms with Crippen LogP contribution in [0.25, 0.3) is 0 Å². The lowest BCUT2D eigenvalue weighted by atomic mass is 10.1. The van der Waals surface area contributed by atoms with Gasteiger partial charge in [0.1, 0.15) is 0 Å². The van der Waals surface area contributed by atoms with Crippen LogP contribution in [-0.2, 0) is 4.74 Å². The van der Waals surface area contributed by atoms with Gasteiger partial charge in [0.15, 0.2) is 0 Å². The summed E-state index contributed by atoms with van der Waals surface area (Å²) in [7, 11) is 0. The average molecular weight is 250 g/mol. The van der Waals surface area contributed by atoms with Gasteiger partial charge in [0.2, 0.25) is 0 Å². The van der Waals surface area contributed by atoms with Gasteiger partial charge in [-0.3, -0.25) is 15.6 Å². The van der Waals surface area contributed by atoms with E-state index >= 15 is 0 Å². The fraction of sp³-hybridized carbons (Fsp3) is 0.500. The Bertz CT molecular complexity index is 405. The Balaban J connectivity index is 1.90. The van der Waals surface area contributed by atoms with Crippen molar-refractivity contribution in [3.05, 3.63) is 24.0 Å². The molecule has 1 saturated heterocycles. The van der Waals surface area contributed by atoms with Crippen molar-refractivity contribution in [1.82, 2.24) is 10.3 Å². The van der Waals surface area contributed by atoms with E-state index < -0.39 is 0 Å². The maximum atomic E-state index is 12.0. The van der Waals surface area contributed by atoms with Gasteiger partial charge in [0.05, 0.1) is 23.6 Å². The van der Waals surface area contributed by atoms with Crippen LogP contribution >= 0.6 is 0 Å². The molecule has 18 heavy (non-hydrogen) atoms. The summed E-state index contributed by atoms with van der Waals surface area (Å²) in [6.45, 7) is 1.32. The Morgan fingerprint density at radius 2 is 2.44 bits per heavy atom. The number of aromatic nitrogens is 1. The minimum Gasteiger partial charge on any atom is -0.376 e. The molecule has 0 aromatic carbocycles. The van der Waals surface area contributed by atoms with Gasteiger partial charge in [-0.2, -0.15) is 0 Å². The van der Waals surface area contributed by atoms with E-state index in [0.717, 1.165) is 25.9 Å². The number of nitrogens with one attached hydrogen (secondary N) is 2. The van der Waals surface area contributed by atoms with E-state index in [0.29, 0.717) is 17.8 Å². The van der Waals surface area contributed by atoms with E-state index in [4.69, 9.17) is 10.6 Å². The number of hydrazine groups is 1. The number of amides is 1. The summed E-state index contributed by atoms with van der Waals surface area (Å²) in [5, 5.41) is 2.86. The van der Waals surface area contributed by atoms with Gasteiger partial charge in [-0.15, -0.1) is 0 Å². The fourth-order valence-corrected chi connectivity index (χ4v) is 1.98. The summed E-state index contributed by atoms with van der Waals surface area (Å²) in [6, 6.07) is 1.63. The van der Waals surface area contributed by atoms with Crippen molar-refractivity contribution in [3.8, 4) is 0 Å². The van der Waals surface area contributed by atoms with Gasteiger partial charge in [-0.1, -0.05) is 0 Å². The van der Waals surface area contributed by atoms with E-state index in [9.17, 15) is 4.79 Å². The Hall–Kier alpha value is -1.66. The van der Waals surface area contributed by atoms with Crippen molar-refractivity contribution in [2.24, 2.45) is 5.84 Å². The molecule has 1 amide bonds. The van der Waals surface area contributed by atoms with Crippen LogP contribution in [0.5, 0.6) is 0 Å². The van der Waals surface area contributed by atoms with Crippen LogP contribution in [0, 0.1) is 0 Å². The van der Waals surface area contributed by atoms with Crippen LogP contribution in [-0.4, -0.2) is 30.1 Å². The molecule has 0 bridgehead atoms. The largest absolute Gasteiger partial charge is 0.376 e. The van der Waals surface area contributed by atoms with Crippen molar-refractivity contribution in [2.75, 3.05) is 18.6 Å². The van der Waals surface area contributed by atoms with Crippen molar-refractivity contribution >= 4 is 11.6 Å². The zero-order valence-electron chi connectivity index (χ0n) is 10.2. The number of nitrogen functional groups attached to an aromatic ring is 1. The topological polar surface area (TPSA) is 89.3 Å². The summed E-state index contributed by atoms with van der Waals surface area (Å²) in [5.74, 6) is 5.17. The SMILES string of the molecule is NNc1cnccc1C(=O)NCC1CCCCO1. The van der Waals surface area contributed by atoms with Gasteiger partial charge in [-0.05, 0) is 25.3 Å². The number of hydrogen-bond donors (Lipinski definition) is 3. The van der Waals surface area contributed by atoms with Crippen LogP contribution < -0.4 is 16.6 Å². The third kappa shape index (κ3) is 3.18. The highest BCUT2D eigenvalue weighted by Crippen LogP contribution is 2.13. The molecule has 2 rings (SSSR count). The molecule has 1 aromatic rings. The lowest BCUT2D eigenvalue weighted by Gasteiger charge is -2.22. The van der Waals surface area contributed by atoms with Gasteiger partial charge < -0.3 is 15.5 Å². The van der Waals surface area contributed by atoms with Crippen LogP contribution in [0.3, 0.4) is 0 Å². The van der Waals surface area contributed by atoms with E-state index in [1.54, 1.807) is 12.3 Å². The molecule has 98 valence electrons. The first kappa shape index (κ1) is 12.8. The van der Waals surface area contributed by atoms with Gasteiger partial charge in [0, 0.05) is 19.3 Å². The first-order valence-electron chi connectivity index (χ1n) is 6.11. The standard InChI is InChI=1S/C12H18N4O2/c13-16-11-8-14-5-4-10(11)12(17)15-7-9-3-1-2-6-18-9/h4-5,8-9,16H,1-3,6-7,13H2,(H,15,17). The first-order valence-corrected chi connectivity index (χ1v) is 6.11. The van der Waals surface area contributed by atoms with Crippen LogP contribution in [0.2, 0.25) is 0 Å². The predicted octanol–water partition coefficient (Wildman–Crippen LogP) is 0.666. The molecule has 0 spiro atoms. The minimum absolute atomic E-state index is 0.124. The molecule has 0 radical (unpaired) electrons. The molecule has 1 aliphatic rings. The highest BCUT2D eigenvalue weighted by molar-refractivity contribution is 5.99. The number of anilines is 1. The van der Waals surface area contributed by atoms with Crippen LogP contribution in [0.15, 0.2) is 18.5 Å². The van der Waals surface area contributed by atoms with Gasteiger partial charge in [0.25, 0.3) is 5.91 Å². The lowest BCUT2D eigenvalue weighted by molar-refractivity contribution is 0.0169. The molecule has 6 heteroatoms. The Kier molecular flexibility index (Phi) is 4.49. The number of nitrogens with two attached hydrogens (primary N) is 1. The Morgan fingerprint density at radius 3 is 3.17 bits per heavy atom. The number of carbonyl (C=O) groups is 1. The number of carbonyl (C=O) groups excluding carboxylic acids is 1. The van der Waals surface area contributed by atoms with E-state index in [1.807, 2.05) is 0 Å². The van der Waals surface area contributed by atoms with Crippen molar-refractivity contribution in [3.63, 3.8) is 0 Å². The highest BCUT2D eigenvalue weighted by atomic mass is 16.5. The summed E-state index contributed by atoms with van der Waals surface area (Å²) >= 11 is 0. The Labute approximate surface area is 106 Å².